The first-order valence-electron chi connectivity index (χ1n) is 9.45. The van der Waals surface area contributed by atoms with E-state index in [2.05, 4.69) is 10.3 Å². The molecule has 0 unspecified atom stereocenters. The van der Waals surface area contributed by atoms with Gasteiger partial charge < -0.3 is 25.3 Å². The van der Waals surface area contributed by atoms with Crippen LogP contribution in [0.4, 0.5) is 10.7 Å². The van der Waals surface area contributed by atoms with Gasteiger partial charge in [0, 0.05) is 5.92 Å². The van der Waals surface area contributed by atoms with Gasteiger partial charge in [-0.2, -0.15) is 0 Å². The van der Waals surface area contributed by atoms with E-state index in [1.54, 1.807) is 0 Å². The fraction of sp³-hybridized carbons (Fsp3) is 0.190. The second kappa shape index (κ2) is 8.27. The summed E-state index contributed by atoms with van der Waals surface area (Å²) in [5.41, 5.74) is 4.20. The van der Waals surface area contributed by atoms with E-state index in [4.69, 9.17) is 4.74 Å². The van der Waals surface area contributed by atoms with Crippen molar-refractivity contribution >= 4 is 18.0 Å². The molecule has 1 heterocycles. The van der Waals surface area contributed by atoms with Gasteiger partial charge in [-0.3, -0.25) is 0 Å². The third-order valence-corrected chi connectivity index (χ3v) is 5.17. The molecule has 0 radical (unpaired) electrons. The monoisotopic (exact) mass is 422 g/mol. The van der Waals surface area contributed by atoms with Crippen LogP contribution in [0.15, 0.2) is 60.9 Å². The Morgan fingerprint density at radius 3 is 2.35 bits per heavy atom. The van der Waals surface area contributed by atoms with Crippen molar-refractivity contribution in [2.45, 2.75) is 18.5 Å². The van der Waals surface area contributed by atoms with E-state index in [0.717, 1.165) is 26.8 Å². The van der Waals surface area contributed by atoms with Gasteiger partial charge in [0.2, 0.25) is 0 Å². The number of rotatable bonds is 7. The summed E-state index contributed by atoms with van der Waals surface area (Å²) < 4.78 is 6.39. The van der Waals surface area contributed by atoms with E-state index in [-0.39, 0.29) is 19.1 Å². The Balaban J connectivity index is 1.44. The number of ether oxygens (including phenoxy) is 1. The number of nitro groups is 1. The first kappa shape index (κ1) is 20.1. The van der Waals surface area contributed by atoms with E-state index in [9.17, 15) is 24.8 Å². The maximum absolute atomic E-state index is 12.3. The molecule has 1 aromatic heterocycles. The number of imidazole rings is 1. The minimum absolute atomic E-state index is 0.0252. The molecule has 0 bridgehead atoms. The number of fused-ring (bicyclic) bond motifs is 3. The summed E-state index contributed by atoms with van der Waals surface area (Å²) in [5.74, 6) is -2.03. The average molecular weight is 422 g/mol. The lowest BCUT2D eigenvalue weighted by molar-refractivity contribution is -0.396. The van der Waals surface area contributed by atoms with E-state index in [1.807, 2.05) is 48.5 Å². The molecule has 10 nitrogen and oxygen atoms in total. The average Bonchev–Trinajstić information content (AvgIpc) is 3.34. The van der Waals surface area contributed by atoms with Crippen LogP contribution in [-0.4, -0.2) is 44.3 Å². The van der Waals surface area contributed by atoms with Crippen molar-refractivity contribution < 1.29 is 24.4 Å². The fourth-order valence-electron chi connectivity index (χ4n) is 3.78. The molecule has 1 aliphatic carbocycles. The summed E-state index contributed by atoms with van der Waals surface area (Å²) in [7, 11) is 0. The molecule has 1 atom stereocenters. The zero-order valence-electron chi connectivity index (χ0n) is 16.2. The third kappa shape index (κ3) is 3.95. The molecule has 0 saturated heterocycles. The van der Waals surface area contributed by atoms with Crippen LogP contribution in [-0.2, 0) is 16.1 Å². The number of nitrogens with zero attached hydrogens (tertiary/aromatic N) is 3. The summed E-state index contributed by atoms with van der Waals surface area (Å²) in [4.78, 5) is 37.7. The summed E-state index contributed by atoms with van der Waals surface area (Å²) in [6.07, 6.45) is 1.54. The molecule has 3 aromatic rings. The van der Waals surface area contributed by atoms with Gasteiger partial charge in [0.15, 0.2) is 6.04 Å². The quantitative estimate of drug-likeness (QED) is 0.441. The van der Waals surface area contributed by atoms with Gasteiger partial charge in [-0.05, 0) is 27.2 Å². The predicted octanol–water partition coefficient (Wildman–Crippen LogP) is 2.78. The van der Waals surface area contributed by atoms with Crippen LogP contribution in [0.25, 0.3) is 11.1 Å². The van der Waals surface area contributed by atoms with Gasteiger partial charge in [0.25, 0.3) is 0 Å². The van der Waals surface area contributed by atoms with Crippen LogP contribution >= 0.6 is 0 Å². The number of nitrogens with one attached hydrogen (secondary N) is 1. The number of hydrogen-bond donors (Lipinski definition) is 2. The lowest BCUT2D eigenvalue weighted by Gasteiger charge is -2.17. The molecule has 0 saturated carbocycles. The van der Waals surface area contributed by atoms with Crippen molar-refractivity contribution in [3.8, 4) is 11.1 Å². The van der Waals surface area contributed by atoms with E-state index >= 15 is 0 Å². The molecule has 158 valence electrons. The topological polar surface area (TPSA) is 137 Å². The standard InChI is InChI=1S/C21H18N4O6/c26-19(27)18(11-24-10-9-22-20(24)25(29)30)23-21(28)31-12-17-15-7-3-1-5-13(15)14-6-2-4-8-16(14)17/h1-10,17-18H,11-12H2,(H,23,28)(H,26,27)/t18-/m0/s1. The van der Waals surface area contributed by atoms with Gasteiger partial charge in [0.05, 0.1) is 0 Å². The lowest BCUT2D eigenvalue weighted by Crippen LogP contribution is -2.44. The maximum atomic E-state index is 12.3. The molecule has 0 spiro atoms. The molecule has 31 heavy (non-hydrogen) atoms. The number of benzene rings is 2. The normalized spacial score (nSPS) is 13.2. The highest BCUT2D eigenvalue weighted by Crippen LogP contribution is 2.44. The Bertz CT molecular complexity index is 1110. The minimum atomic E-state index is -1.43. The SMILES string of the molecule is O=C(N[C@@H](Cn1ccnc1[N+](=O)[O-])C(=O)O)OCC1c2ccccc2-c2ccccc21. The Kier molecular flexibility index (Phi) is 5.35. The Morgan fingerprint density at radius 1 is 1.16 bits per heavy atom. The first-order chi connectivity index (χ1) is 15.0. The van der Waals surface area contributed by atoms with Crippen molar-refractivity contribution in [2.24, 2.45) is 0 Å². The molecule has 1 amide bonds. The molecule has 2 aromatic carbocycles. The number of carboxylic acids is 1. The zero-order chi connectivity index (χ0) is 22.0. The summed E-state index contributed by atoms with van der Waals surface area (Å²) >= 11 is 0. The van der Waals surface area contributed by atoms with Crippen LogP contribution in [0.1, 0.15) is 17.0 Å². The lowest BCUT2D eigenvalue weighted by atomic mass is 9.98. The highest BCUT2D eigenvalue weighted by molar-refractivity contribution is 5.81. The van der Waals surface area contributed by atoms with Crippen LogP contribution in [0, 0.1) is 10.1 Å². The van der Waals surface area contributed by atoms with Gasteiger partial charge in [-0.15, -0.1) is 0 Å². The third-order valence-electron chi connectivity index (χ3n) is 5.17. The predicted molar refractivity (Wildman–Crippen MR) is 109 cm³/mol. The molecule has 2 N–H and O–H groups in total. The number of amides is 1. The number of carbonyl (C=O) groups is 2. The van der Waals surface area contributed by atoms with Crippen molar-refractivity contribution in [2.75, 3.05) is 6.61 Å². The Hall–Kier alpha value is -4.21. The van der Waals surface area contributed by atoms with Crippen molar-refractivity contribution in [3.63, 3.8) is 0 Å². The molecule has 0 fully saturated rings. The highest BCUT2D eigenvalue weighted by Gasteiger charge is 2.30. The van der Waals surface area contributed by atoms with Crippen LogP contribution < -0.4 is 5.32 Å². The van der Waals surface area contributed by atoms with Gasteiger partial charge in [0.1, 0.15) is 25.5 Å². The van der Waals surface area contributed by atoms with Crippen molar-refractivity contribution in [1.29, 1.82) is 0 Å². The van der Waals surface area contributed by atoms with Gasteiger partial charge in [-0.25, -0.2) is 14.2 Å². The van der Waals surface area contributed by atoms with Crippen LogP contribution in [0.5, 0.6) is 0 Å². The van der Waals surface area contributed by atoms with Crippen LogP contribution in [0.2, 0.25) is 0 Å². The number of carbonyl (C=O) groups excluding carboxylic acids is 1. The second-order valence-corrected chi connectivity index (χ2v) is 7.00. The fourth-order valence-corrected chi connectivity index (χ4v) is 3.78. The smallest absolute Gasteiger partial charge is 0.434 e. The van der Waals surface area contributed by atoms with E-state index < -0.39 is 29.0 Å². The Labute approximate surface area is 176 Å². The molecular weight excluding hydrogens is 404 g/mol. The number of alkyl carbamates (subject to hydrolysis) is 1. The zero-order valence-corrected chi connectivity index (χ0v) is 16.2. The number of aromatic nitrogens is 2. The van der Waals surface area contributed by atoms with E-state index in [0.29, 0.717) is 0 Å². The summed E-state index contributed by atoms with van der Waals surface area (Å²) in [5, 5.41) is 22.6. The molecular formula is C21H18N4O6. The van der Waals surface area contributed by atoms with Crippen molar-refractivity contribution in [1.82, 2.24) is 14.9 Å². The van der Waals surface area contributed by atoms with Crippen molar-refractivity contribution in [3.05, 3.63) is 82.2 Å². The maximum Gasteiger partial charge on any atom is 0.434 e. The molecule has 1 aliphatic rings. The summed E-state index contributed by atoms with van der Waals surface area (Å²) in [6.45, 7) is -0.340. The van der Waals surface area contributed by atoms with Gasteiger partial charge in [-0.1, -0.05) is 53.5 Å². The number of hydrogen-bond acceptors (Lipinski definition) is 6. The molecule has 10 heteroatoms. The second-order valence-electron chi connectivity index (χ2n) is 7.00. The first-order valence-corrected chi connectivity index (χ1v) is 9.45. The largest absolute Gasteiger partial charge is 0.480 e. The number of aliphatic carboxylic acids is 1. The molecule has 4 rings (SSSR count). The Morgan fingerprint density at radius 2 is 1.77 bits per heavy atom. The summed E-state index contributed by atoms with van der Waals surface area (Å²) in [6, 6.07) is 14.2. The number of carboxylic acid groups (broad SMARTS) is 1. The van der Waals surface area contributed by atoms with E-state index in [1.165, 1.54) is 12.4 Å². The van der Waals surface area contributed by atoms with Crippen LogP contribution in [0.3, 0.4) is 0 Å². The van der Waals surface area contributed by atoms with Gasteiger partial charge >= 0.3 is 18.0 Å². The highest BCUT2D eigenvalue weighted by atomic mass is 16.6. The minimum Gasteiger partial charge on any atom is -0.480 e. The molecule has 0 aliphatic heterocycles.